The highest BCUT2D eigenvalue weighted by molar-refractivity contribution is 7.98. The number of carbonyl (C=O) groups excluding carboxylic acids is 1. The molecule has 16 heavy (non-hydrogen) atoms. The van der Waals surface area contributed by atoms with Gasteiger partial charge >= 0.3 is 5.97 Å². The van der Waals surface area contributed by atoms with Crippen molar-refractivity contribution in [2.75, 3.05) is 19.1 Å². The average molecular weight is 241 g/mol. The second-order valence-electron chi connectivity index (χ2n) is 3.10. The van der Waals surface area contributed by atoms with Crippen LogP contribution in [0.3, 0.4) is 0 Å². The summed E-state index contributed by atoms with van der Waals surface area (Å²) in [6, 6.07) is 0. The molecule has 8 heteroatoms. The summed E-state index contributed by atoms with van der Waals surface area (Å²) in [6.45, 7) is 0. The van der Waals surface area contributed by atoms with Gasteiger partial charge in [-0.2, -0.15) is 4.52 Å². The SMILES string of the molecule is COC(=O)c1c(N)nn2c(SC)nn(C)c12. The first-order valence-corrected chi connectivity index (χ1v) is 5.66. The van der Waals surface area contributed by atoms with E-state index in [9.17, 15) is 4.79 Å². The van der Waals surface area contributed by atoms with Gasteiger partial charge in [0, 0.05) is 7.05 Å². The molecule has 2 heterocycles. The van der Waals surface area contributed by atoms with Gasteiger partial charge in [0.2, 0.25) is 5.16 Å². The Hall–Kier alpha value is -1.70. The first-order chi connectivity index (χ1) is 7.60. The monoisotopic (exact) mass is 241 g/mol. The van der Waals surface area contributed by atoms with Crippen LogP contribution in [0.4, 0.5) is 5.82 Å². The third-order valence-corrected chi connectivity index (χ3v) is 2.80. The van der Waals surface area contributed by atoms with E-state index >= 15 is 0 Å². The van der Waals surface area contributed by atoms with E-state index in [0.29, 0.717) is 10.8 Å². The van der Waals surface area contributed by atoms with Crippen LogP contribution in [0.5, 0.6) is 0 Å². The summed E-state index contributed by atoms with van der Waals surface area (Å²) in [4.78, 5) is 11.6. The Morgan fingerprint density at radius 2 is 2.19 bits per heavy atom. The van der Waals surface area contributed by atoms with Gasteiger partial charge in [-0.25, -0.2) is 9.48 Å². The van der Waals surface area contributed by atoms with Crippen molar-refractivity contribution in [2.24, 2.45) is 7.05 Å². The normalized spacial score (nSPS) is 10.9. The van der Waals surface area contributed by atoms with E-state index in [1.54, 1.807) is 11.7 Å². The summed E-state index contributed by atoms with van der Waals surface area (Å²) in [5.41, 5.74) is 6.47. The smallest absolute Gasteiger partial charge is 0.345 e. The predicted molar refractivity (Wildman–Crippen MR) is 59.5 cm³/mol. The molecule has 0 unspecified atom stereocenters. The number of nitrogens with zero attached hydrogens (tertiary/aromatic N) is 4. The number of methoxy groups -OCH3 is 1. The lowest BCUT2D eigenvalue weighted by molar-refractivity contribution is 0.0603. The van der Waals surface area contributed by atoms with Crippen molar-refractivity contribution < 1.29 is 9.53 Å². The number of esters is 1. The molecular formula is C8H11N5O2S. The van der Waals surface area contributed by atoms with Gasteiger partial charge in [-0.05, 0) is 6.26 Å². The molecule has 2 rings (SSSR count). The molecule has 0 aromatic carbocycles. The first kappa shape index (κ1) is 10.8. The summed E-state index contributed by atoms with van der Waals surface area (Å²) in [6.07, 6.45) is 1.87. The minimum absolute atomic E-state index is 0.148. The Labute approximate surface area is 95.5 Å². The number of carbonyl (C=O) groups is 1. The van der Waals surface area contributed by atoms with E-state index in [0.717, 1.165) is 0 Å². The minimum Gasteiger partial charge on any atom is -0.465 e. The molecule has 2 N–H and O–H groups in total. The van der Waals surface area contributed by atoms with E-state index < -0.39 is 5.97 Å². The second-order valence-corrected chi connectivity index (χ2v) is 3.87. The van der Waals surface area contributed by atoms with E-state index in [-0.39, 0.29) is 11.4 Å². The van der Waals surface area contributed by atoms with Crippen LogP contribution < -0.4 is 5.73 Å². The van der Waals surface area contributed by atoms with E-state index in [1.165, 1.54) is 23.4 Å². The van der Waals surface area contributed by atoms with E-state index in [1.807, 2.05) is 6.26 Å². The summed E-state index contributed by atoms with van der Waals surface area (Å²) >= 11 is 1.42. The summed E-state index contributed by atoms with van der Waals surface area (Å²) in [5, 5.41) is 8.93. The van der Waals surface area contributed by atoms with Crippen molar-refractivity contribution in [1.82, 2.24) is 19.4 Å². The molecule has 0 saturated carbocycles. The van der Waals surface area contributed by atoms with Crippen LogP contribution in [-0.2, 0) is 11.8 Å². The summed E-state index contributed by atoms with van der Waals surface area (Å²) in [7, 11) is 3.03. The maximum absolute atomic E-state index is 11.6. The Morgan fingerprint density at radius 3 is 2.75 bits per heavy atom. The van der Waals surface area contributed by atoms with Crippen molar-refractivity contribution in [1.29, 1.82) is 0 Å². The molecule has 0 spiro atoms. The number of fused-ring (bicyclic) bond motifs is 1. The number of nitrogens with two attached hydrogens (primary N) is 1. The molecule has 0 bridgehead atoms. The molecule has 0 amide bonds. The molecule has 0 aliphatic carbocycles. The lowest BCUT2D eigenvalue weighted by Gasteiger charge is -1.97. The van der Waals surface area contributed by atoms with Crippen molar-refractivity contribution in [3.8, 4) is 0 Å². The largest absolute Gasteiger partial charge is 0.465 e. The number of ether oxygens (including phenoxy) is 1. The summed E-state index contributed by atoms with van der Waals surface area (Å²) < 4.78 is 7.75. The van der Waals surface area contributed by atoms with Crippen molar-refractivity contribution in [3.63, 3.8) is 0 Å². The minimum atomic E-state index is -0.511. The van der Waals surface area contributed by atoms with Gasteiger partial charge in [0.15, 0.2) is 11.5 Å². The molecule has 2 aromatic heterocycles. The molecule has 7 nitrogen and oxygen atoms in total. The van der Waals surface area contributed by atoms with E-state index in [2.05, 4.69) is 14.9 Å². The molecule has 86 valence electrons. The maximum Gasteiger partial charge on any atom is 0.345 e. The predicted octanol–water partition coefficient (Wildman–Crippen LogP) is 0.158. The molecule has 0 saturated heterocycles. The topological polar surface area (TPSA) is 87.4 Å². The Balaban J connectivity index is 2.78. The van der Waals surface area contributed by atoms with Gasteiger partial charge in [0.1, 0.15) is 5.56 Å². The average Bonchev–Trinajstić information content (AvgIpc) is 2.75. The second kappa shape index (κ2) is 3.71. The lowest BCUT2D eigenvalue weighted by atomic mass is 10.3. The van der Waals surface area contributed by atoms with Gasteiger partial charge < -0.3 is 10.5 Å². The van der Waals surface area contributed by atoms with Gasteiger partial charge in [-0.1, -0.05) is 11.8 Å². The highest BCUT2D eigenvalue weighted by atomic mass is 32.2. The van der Waals surface area contributed by atoms with Gasteiger partial charge in [0.05, 0.1) is 7.11 Å². The number of hydrogen-bond acceptors (Lipinski definition) is 6. The van der Waals surface area contributed by atoms with Gasteiger partial charge in [0.25, 0.3) is 0 Å². The van der Waals surface area contributed by atoms with E-state index in [4.69, 9.17) is 5.73 Å². The van der Waals surface area contributed by atoms with Crippen LogP contribution in [0, 0.1) is 0 Å². The standard InChI is InChI=1S/C8H11N5O2S/c1-12-6-4(7(14)15-2)5(9)10-13(6)8(11-12)16-3/h1-3H3,(H2,9,10). The number of aromatic nitrogens is 4. The van der Waals surface area contributed by atoms with Crippen molar-refractivity contribution in [2.45, 2.75) is 5.16 Å². The number of aryl methyl sites for hydroxylation is 1. The zero-order valence-corrected chi connectivity index (χ0v) is 9.91. The molecule has 0 aliphatic heterocycles. The molecular weight excluding hydrogens is 230 g/mol. The van der Waals surface area contributed by atoms with Crippen LogP contribution >= 0.6 is 11.8 Å². The van der Waals surface area contributed by atoms with Crippen LogP contribution in [0.2, 0.25) is 0 Å². The molecule has 0 radical (unpaired) electrons. The Bertz CT molecular complexity index is 558. The van der Waals surface area contributed by atoms with Crippen LogP contribution in [0.25, 0.3) is 5.65 Å². The van der Waals surface area contributed by atoms with Gasteiger partial charge in [-0.3, -0.25) is 0 Å². The maximum atomic E-state index is 11.6. The Morgan fingerprint density at radius 1 is 1.50 bits per heavy atom. The van der Waals surface area contributed by atoms with Crippen LogP contribution in [-0.4, -0.2) is 38.7 Å². The molecule has 0 aliphatic rings. The Kier molecular flexibility index (Phi) is 2.50. The van der Waals surface area contributed by atoms with Crippen LogP contribution in [0.1, 0.15) is 10.4 Å². The molecule has 0 atom stereocenters. The summed E-state index contributed by atoms with van der Waals surface area (Å²) in [5.74, 6) is -0.363. The number of anilines is 1. The molecule has 2 aromatic rings. The number of rotatable bonds is 2. The number of nitrogen functional groups attached to an aromatic ring is 1. The van der Waals surface area contributed by atoms with Crippen molar-refractivity contribution >= 4 is 29.2 Å². The molecule has 0 fully saturated rings. The third-order valence-electron chi connectivity index (χ3n) is 2.18. The first-order valence-electron chi connectivity index (χ1n) is 4.43. The third kappa shape index (κ3) is 1.33. The zero-order chi connectivity index (χ0) is 11.9. The highest BCUT2D eigenvalue weighted by Gasteiger charge is 2.23. The number of hydrogen-bond donors (Lipinski definition) is 1. The highest BCUT2D eigenvalue weighted by Crippen LogP contribution is 2.23. The van der Waals surface area contributed by atoms with Crippen LogP contribution in [0.15, 0.2) is 5.16 Å². The zero-order valence-electron chi connectivity index (χ0n) is 9.09. The quantitative estimate of drug-likeness (QED) is 0.595. The van der Waals surface area contributed by atoms with Crippen molar-refractivity contribution in [3.05, 3.63) is 5.56 Å². The fourth-order valence-electron chi connectivity index (χ4n) is 1.50. The lowest BCUT2D eigenvalue weighted by Crippen LogP contribution is -2.06. The van der Waals surface area contributed by atoms with Gasteiger partial charge in [-0.15, -0.1) is 10.2 Å². The fraction of sp³-hybridized carbons (Fsp3) is 0.375. The number of thioether (sulfide) groups is 1. The fourth-order valence-corrected chi connectivity index (χ4v) is 2.01.